The van der Waals surface area contributed by atoms with Gasteiger partial charge in [0.15, 0.2) is 9.84 Å². The number of benzene rings is 3. The first-order chi connectivity index (χ1) is 15.1. The van der Waals surface area contributed by atoms with E-state index < -0.39 is 25.8 Å². The minimum absolute atomic E-state index is 0. The summed E-state index contributed by atoms with van der Waals surface area (Å²) in [5.41, 5.74) is 2.14. The molecule has 1 heterocycles. The van der Waals surface area contributed by atoms with Crippen LogP contribution in [0.25, 0.3) is 22.2 Å². The number of H-pyrrole nitrogens is 1. The number of rotatable bonds is 6. The van der Waals surface area contributed by atoms with Gasteiger partial charge in [-0.3, -0.25) is 9.82 Å². The Hall–Kier alpha value is -3.94. The third-order valence-electron chi connectivity index (χ3n) is 4.76. The van der Waals surface area contributed by atoms with Crippen molar-refractivity contribution < 1.29 is 59.6 Å². The number of hydrogen-bond donors (Lipinski definition) is 3. The van der Waals surface area contributed by atoms with Crippen molar-refractivity contribution in [2.45, 2.75) is 9.79 Å². The number of aromatic carboxylic acids is 1. The van der Waals surface area contributed by atoms with Gasteiger partial charge in [0.05, 0.1) is 21.7 Å². The van der Waals surface area contributed by atoms with E-state index in [9.17, 15) is 21.6 Å². The number of carbonyl (C=O) groups is 1. The van der Waals surface area contributed by atoms with Gasteiger partial charge in [-0.05, 0) is 42.5 Å². The van der Waals surface area contributed by atoms with Crippen molar-refractivity contribution in [2.24, 2.45) is 0 Å². The number of aromatic nitrogens is 2. The molecule has 212 valence electrons. The Bertz CT molecular complexity index is 1570. The van der Waals surface area contributed by atoms with Gasteiger partial charge in [-0.2, -0.15) is 5.10 Å². The second-order valence-electron chi connectivity index (χ2n) is 7.04. The SMILES string of the molecule is CS(=O)(=O)c1ccccc1S(=O)(=O)Nc1ccc2[nH]nc(-c3ccc(C(=O)O)cc3)c2c1.O.O.O.O.O.O. The lowest BCUT2D eigenvalue weighted by molar-refractivity contribution is 0.0696. The van der Waals surface area contributed by atoms with Crippen molar-refractivity contribution in [3.63, 3.8) is 0 Å². The zero-order valence-corrected chi connectivity index (χ0v) is 21.2. The van der Waals surface area contributed by atoms with E-state index in [0.29, 0.717) is 22.2 Å². The van der Waals surface area contributed by atoms with Gasteiger partial charge < -0.3 is 38.0 Å². The van der Waals surface area contributed by atoms with Crippen molar-refractivity contribution in [2.75, 3.05) is 11.0 Å². The summed E-state index contributed by atoms with van der Waals surface area (Å²) in [6.45, 7) is 0. The maximum atomic E-state index is 12.9. The molecule has 0 aliphatic rings. The Kier molecular flexibility index (Phi) is 14.3. The highest BCUT2D eigenvalue weighted by Gasteiger charge is 2.24. The summed E-state index contributed by atoms with van der Waals surface area (Å²) < 4.78 is 52.3. The molecule has 4 rings (SSSR count). The second-order valence-corrected chi connectivity index (χ2v) is 10.7. The monoisotopic (exact) mass is 579 g/mol. The molecule has 0 aliphatic heterocycles. The predicted octanol–water partition coefficient (Wildman–Crippen LogP) is -1.82. The molecule has 3 aromatic carbocycles. The van der Waals surface area contributed by atoms with E-state index in [4.69, 9.17) is 5.11 Å². The fourth-order valence-electron chi connectivity index (χ4n) is 3.26. The van der Waals surface area contributed by atoms with Gasteiger partial charge in [0.2, 0.25) is 0 Å². The number of sulfone groups is 1. The van der Waals surface area contributed by atoms with Crippen LogP contribution < -0.4 is 4.72 Å². The molecule has 0 aliphatic carbocycles. The normalized spacial score (nSPS) is 10.1. The highest BCUT2D eigenvalue weighted by molar-refractivity contribution is 7.95. The number of sulfonamides is 1. The van der Waals surface area contributed by atoms with E-state index in [1.165, 1.54) is 42.5 Å². The van der Waals surface area contributed by atoms with Crippen LogP contribution in [0.1, 0.15) is 10.4 Å². The highest BCUT2D eigenvalue weighted by atomic mass is 32.2. The van der Waals surface area contributed by atoms with E-state index in [1.807, 2.05) is 0 Å². The minimum atomic E-state index is -4.20. The molecule has 0 bridgehead atoms. The average Bonchev–Trinajstić information content (AvgIpc) is 3.16. The predicted molar refractivity (Wildman–Crippen MR) is 141 cm³/mol. The molecule has 1 aromatic heterocycles. The maximum Gasteiger partial charge on any atom is 0.335 e. The lowest BCUT2D eigenvalue weighted by atomic mass is 10.1. The van der Waals surface area contributed by atoms with Crippen LogP contribution >= 0.6 is 0 Å². The lowest BCUT2D eigenvalue weighted by Gasteiger charge is -2.11. The average molecular weight is 580 g/mol. The highest BCUT2D eigenvalue weighted by Crippen LogP contribution is 2.30. The van der Waals surface area contributed by atoms with Crippen LogP contribution in [0.5, 0.6) is 0 Å². The van der Waals surface area contributed by atoms with Crippen LogP contribution in [0.2, 0.25) is 0 Å². The number of aromatic amines is 1. The molecule has 0 amide bonds. The summed E-state index contributed by atoms with van der Waals surface area (Å²) in [6, 6.07) is 16.2. The van der Waals surface area contributed by atoms with E-state index in [0.717, 1.165) is 6.26 Å². The standard InChI is InChI=1S/C21H17N3O6S2.6H2O/c1-31(27,28)18-4-2-3-5-19(18)32(29,30)24-15-10-11-17-16(12-15)20(23-22-17)13-6-8-14(9-7-13)21(25)26;;;;;;/h2-12,24H,1H3,(H,22,23)(H,25,26);6*1H2. The van der Waals surface area contributed by atoms with Crippen LogP contribution in [0, 0.1) is 0 Å². The fourth-order valence-corrected chi connectivity index (χ4v) is 5.94. The van der Waals surface area contributed by atoms with Gasteiger partial charge >= 0.3 is 5.97 Å². The number of nitrogens with zero attached hydrogens (tertiary/aromatic N) is 1. The van der Waals surface area contributed by atoms with E-state index >= 15 is 0 Å². The number of carboxylic acid groups (broad SMARTS) is 1. The number of anilines is 1. The summed E-state index contributed by atoms with van der Waals surface area (Å²) in [4.78, 5) is 10.4. The molecule has 0 saturated carbocycles. The Morgan fingerprint density at radius 1 is 0.816 bits per heavy atom. The van der Waals surface area contributed by atoms with Crippen molar-refractivity contribution in [1.82, 2.24) is 10.2 Å². The molecule has 38 heavy (non-hydrogen) atoms. The van der Waals surface area contributed by atoms with Crippen LogP contribution in [0.4, 0.5) is 5.69 Å². The zero-order valence-electron chi connectivity index (χ0n) is 19.6. The third-order valence-corrected chi connectivity index (χ3v) is 7.48. The summed E-state index contributed by atoms with van der Waals surface area (Å²) in [7, 11) is -7.96. The van der Waals surface area contributed by atoms with E-state index in [2.05, 4.69) is 14.9 Å². The third kappa shape index (κ3) is 7.54. The Balaban J connectivity index is -0.00000204. The fraction of sp³-hybridized carbons (Fsp3) is 0.0476. The molecular weight excluding hydrogens is 550 g/mol. The quantitative estimate of drug-likeness (QED) is 0.234. The van der Waals surface area contributed by atoms with Crippen molar-refractivity contribution >= 4 is 42.4 Å². The lowest BCUT2D eigenvalue weighted by Crippen LogP contribution is -2.16. The molecule has 0 atom stereocenters. The van der Waals surface area contributed by atoms with E-state index in [1.54, 1.807) is 24.3 Å². The van der Waals surface area contributed by atoms with Gasteiger partial charge in [0, 0.05) is 22.9 Å². The zero-order chi connectivity index (χ0) is 23.1. The van der Waals surface area contributed by atoms with Crippen LogP contribution in [0.15, 0.2) is 76.5 Å². The largest absolute Gasteiger partial charge is 0.478 e. The van der Waals surface area contributed by atoms with Gasteiger partial charge in [-0.25, -0.2) is 21.6 Å². The Labute approximate surface area is 216 Å². The number of hydrogen-bond acceptors (Lipinski definition) is 6. The van der Waals surface area contributed by atoms with Gasteiger partial charge in [0.1, 0.15) is 4.90 Å². The summed E-state index contributed by atoms with van der Waals surface area (Å²) in [5.74, 6) is -1.05. The molecule has 15 N–H and O–H groups in total. The Morgan fingerprint density at radius 2 is 1.37 bits per heavy atom. The molecule has 15 nitrogen and oxygen atoms in total. The van der Waals surface area contributed by atoms with Crippen LogP contribution in [0.3, 0.4) is 0 Å². The molecular formula is C21H29N3O12S2. The number of nitrogens with one attached hydrogen (secondary N) is 2. The smallest absolute Gasteiger partial charge is 0.335 e. The van der Waals surface area contributed by atoms with Crippen molar-refractivity contribution in [1.29, 1.82) is 0 Å². The first-order valence-electron chi connectivity index (χ1n) is 9.20. The molecule has 0 unspecified atom stereocenters. The van der Waals surface area contributed by atoms with Crippen molar-refractivity contribution in [3.8, 4) is 11.3 Å². The second kappa shape index (κ2) is 14.1. The minimum Gasteiger partial charge on any atom is -0.478 e. The maximum absolute atomic E-state index is 12.9. The van der Waals surface area contributed by atoms with Gasteiger partial charge in [0.25, 0.3) is 10.0 Å². The molecule has 0 spiro atoms. The van der Waals surface area contributed by atoms with Crippen LogP contribution in [-0.2, 0) is 19.9 Å². The Morgan fingerprint density at radius 3 is 1.89 bits per heavy atom. The molecule has 0 saturated heterocycles. The summed E-state index contributed by atoms with van der Waals surface area (Å²) in [5, 5.41) is 16.8. The molecule has 4 aromatic rings. The number of fused-ring (bicyclic) bond motifs is 1. The molecule has 0 radical (unpaired) electrons. The van der Waals surface area contributed by atoms with Crippen molar-refractivity contribution in [3.05, 3.63) is 72.3 Å². The first kappa shape index (κ1) is 38.6. The summed E-state index contributed by atoms with van der Waals surface area (Å²) in [6.07, 6.45) is 0.945. The van der Waals surface area contributed by atoms with Gasteiger partial charge in [-0.15, -0.1) is 0 Å². The van der Waals surface area contributed by atoms with E-state index in [-0.39, 0.29) is 53.9 Å². The molecule has 0 fully saturated rings. The first-order valence-corrected chi connectivity index (χ1v) is 12.6. The van der Waals surface area contributed by atoms with Crippen LogP contribution in [-0.4, -0.2) is 77.2 Å². The topological polar surface area (TPSA) is 335 Å². The van der Waals surface area contributed by atoms with Gasteiger partial charge in [-0.1, -0.05) is 24.3 Å². The number of carboxylic acids is 1. The molecule has 17 heteroatoms. The summed E-state index contributed by atoms with van der Waals surface area (Å²) >= 11 is 0.